The lowest BCUT2D eigenvalue weighted by Crippen LogP contribution is -2.08. The van der Waals surface area contributed by atoms with Crippen molar-refractivity contribution < 1.29 is 4.52 Å². The molecule has 0 radical (unpaired) electrons. The average Bonchev–Trinajstić information content (AvgIpc) is 2.75. The first kappa shape index (κ1) is 10.8. The summed E-state index contributed by atoms with van der Waals surface area (Å²) in [5.74, 6) is 0.651. The Labute approximate surface area is 97.6 Å². The number of aromatic nitrogens is 2. The van der Waals surface area contributed by atoms with Crippen molar-refractivity contribution >= 4 is 23.0 Å². The fourth-order valence-corrected chi connectivity index (χ4v) is 1.58. The molecule has 6 heteroatoms. The number of para-hydroxylation sites is 1. The normalized spacial score (nSPS) is 10.3. The lowest BCUT2D eigenvalue weighted by molar-refractivity contribution is 0.410. The molecule has 0 aliphatic carbocycles. The first-order valence-electron chi connectivity index (χ1n) is 4.80. The predicted molar refractivity (Wildman–Crippen MR) is 62.4 cm³/mol. The standard InChI is InChI=1S/C10H11ClN4O/c11-7-2-1-3-8(12)10(7)13-5-4-9-14-6-16-15-9/h1-3,6,13H,4-5,12H2. The monoisotopic (exact) mass is 238 g/mol. The average molecular weight is 239 g/mol. The summed E-state index contributed by atoms with van der Waals surface area (Å²) in [6, 6.07) is 5.39. The summed E-state index contributed by atoms with van der Waals surface area (Å²) in [5.41, 5.74) is 7.15. The van der Waals surface area contributed by atoms with Crippen molar-refractivity contribution in [1.82, 2.24) is 10.1 Å². The zero-order valence-corrected chi connectivity index (χ0v) is 9.24. The van der Waals surface area contributed by atoms with Crippen LogP contribution >= 0.6 is 11.6 Å². The number of anilines is 2. The van der Waals surface area contributed by atoms with Crippen LogP contribution in [-0.4, -0.2) is 16.7 Å². The quantitative estimate of drug-likeness (QED) is 0.797. The second-order valence-electron chi connectivity index (χ2n) is 3.23. The third-order valence-corrected chi connectivity index (χ3v) is 2.42. The van der Waals surface area contributed by atoms with Crippen molar-refractivity contribution in [2.45, 2.75) is 6.42 Å². The van der Waals surface area contributed by atoms with Gasteiger partial charge in [-0.05, 0) is 12.1 Å². The molecule has 5 nitrogen and oxygen atoms in total. The Bertz CT molecular complexity index is 438. The highest BCUT2D eigenvalue weighted by molar-refractivity contribution is 6.33. The Kier molecular flexibility index (Phi) is 3.26. The summed E-state index contributed by atoms with van der Waals surface area (Å²) >= 11 is 6.00. The number of hydrogen-bond acceptors (Lipinski definition) is 5. The third-order valence-electron chi connectivity index (χ3n) is 2.10. The smallest absolute Gasteiger partial charge is 0.213 e. The lowest BCUT2D eigenvalue weighted by Gasteiger charge is -2.09. The van der Waals surface area contributed by atoms with Crippen molar-refractivity contribution in [3.05, 3.63) is 35.4 Å². The van der Waals surface area contributed by atoms with Crippen molar-refractivity contribution in [3.63, 3.8) is 0 Å². The first-order valence-corrected chi connectivity index (χ1v) is 5.18. The molecule has 0 amide bonds. The van der Waals surface area contributed by atoms with E-state index in [1.54, 1.807) is 12.1 Å². The molecule has 3 N–H and O–H groups in total. The van der Waals surface area contributed by atoms with Gasteiger partial charge in [0.15, 0.2) is 5.82 Å². The summed E-state index contributed by atoms with van der Waals surface area (Å²) in [6.07, 6.45) is 1.96. The number of nitrogen functional groups attached to an aromatic ring is 1. The van der Waals surface area contributed by atoms with Gasteiger partial charge in [0.25, 0.3) is 0 Å². The molecule has 0 saturated carbocycles. The number of benzene rings is 1. The fraction of sp³-hybridized carbons (Fsp3) is 0.200. The number of nitrogens with two attached hydrogens (primary N) is 1. The highest BCUT2D eigenvalue weighted by atomic mass is 35.5. The molecule has 16 heavy (non-hydrogen) atoms. The minimum atomic E-state index is 0.605. The number of nitrogens with zero attached hydrogens (tertiary/aromatic N) is 2. The van der Waals surface area contributed by atoms with Crippen molar-refractivity contribution in [2.75, 3.05) is 17.6 Å². The van der Waals surface area contributed by atoms with Gasteiger partial charge in [0.1, 0.15) is 0 Å². The zero-order chi connectivity index (χ0) is 11.4. The molecular weight excluding hydrogens is 228 g/mol. The lowest BCUT2D eigenvalue weighted by atomic mass is 10.2. The molecule has 0 unspecified atom stereocenters. The molecule has 0 aliphatic heterocycles. The zero-order valence-electron chi connectivity index (χ0n) is 8.48. The molecule has 2 aromatic rings. The molecule has 0 fully saturated rings. The fourth-order valence-electron chi connectivity index (χ4n) is 1.33. The number of nitrogens with one attached hydrogen (secondary N) is 1. The highest BCUT2D eigenvalue weighted by Gasteiger charge is 2.04. The van der Waals surface area contributed by atoms with E-state index in [1.165, 1.54) is 6.39 Å². The summed E-state index contributed by atoms with van der Waals surface area (Å²) < 4.78 is 4.63. The van der Waals surface area contributed by atoms with E-state index in [2.05, 4.69) is 20.0 Å². The van der Waals surface area contributed by atoms with Gasteiger partial charge in [-0.3, -0.25) is 0 Å². The summed E-state index contributed by atoms with van der Waals surface area (Å²) in [7, 11) is 0. The van der Waals surface area contributed by atoms with E-state index in [9.17, 15) is 0 Å². The molecule has 0 aliphatic rings. The van der Waals surface area contributed by atoms with E-state index in [4.69, 9.17) is 17.3 Å². The van der Waals surface area contributed by atoms with Crippen molar-refractivity contribution in [1.29, 1.82) is 0 Å². The van der Waals surface area contributed by atoms with Gasteiger partial charge in [0, 0.05) is 13.0 Å². The van der Waals surface area contributed by atoms with Gasteiger partial charge in [0.2, 0.25) is 6.39 Å². The van der Waals surface area contributed by atoms with Gasteiger partial charge in [-0.2, -0.15) is 4.98 Å². The molecule has 0 bridgehead atoms. The largest absolute Gasteiger partial charge is 0.397 e. The Hall–Kier alpha value is -1.75. The van der Waals surface area contributed by atoms with Gasteiger partial charge in [-0.25, -0.2) is 0 Å². The van der Waals surface area contributed by atoms with Gasteiger partial charge in [-0.1, -0.05) is 22.8 Å². The Morgan fingerprint density at radius 3 is 3.00 bits per heavy atom. The second kappa shape index (κ2) is 4.85. The van der Waals surface area contributed by atoms with E-state index in [1.807, 2.05) is 6.07 Å². The summed E-state index contributed by atoms with van der Waals surface area (Å²) in [4.78, 5) is 3.91. The van der Waals surface area contributed by atoms with E-state index < -0.39 is 0 Å². The number of halogens is 1. The van der Waals surface area contributed by atoms with Gasteiger partial charge in [0.05, 0.1) is 16.4 Å². The third kappa shape index (κ3) is 2.43. The Morgan fingerprint density at radius 1 is 1.44 bits per heavy atom. The van der Waals surface area contributed by atoms with E-state index in [-0.39, 0.29) is 0 Å². The SMILES string of the molecule is Nc1cccc(Cl)c1NCCc1ncon1. The summed E-state index contributed by atoms with van der Waals surface area (Å²) in [5, 5.41) is 7.45. The van der Waals surface area contributed by atoms with Crippen LogP contribution in [0.1, 0.15) is 5.82 Å². The maximum atomic E-state index is 6.00. The molecule has 1 heterocycles. The molecule has 84 valence electrons. The van der Waals surface area contributed by atoms with Crippen LogP contribution in [0.2, 0.25) is 5.02 Å². The van der Waals surface area contributed by atoms with Crippen molar-refractivity contribution in [2.24, 2.45) is 0 Å². The van der Waals surface area contributed by atoms with Crippen LogP contribution in [0, 0.1) is 0 Å². The van der Waals surface area contributed by atoms with Crippen molar-refractivity contribution in [3.8, 4) is 0 Å². The van der Waals surface area contributed by atoms with E-state index in [0.717, 1.165) is 5.69 Å². The maximum Gasteiger partial charge on any atom is 0.213 e. The number of hydrogen-bond donors (Lipinski definition) is 2. The molecule has 1 aromatic carbocycles. The Morgan fingerprint density at radius 2 is 2.31 bits per heavy atom. The van der Waals surface area contributed by atoms with Crippen LogP contribution in [0.5, 0.6) is 0 Å². The minimum absolute atomic E-state index is 0.605. The maximum absolute atomic E-state index is 6.00. The molecule has 0 saturated heterocycles. The Balaban J connectivity index is 1.95. The van der Waals surface area contributed by atoms with E-state index >= 15 is 0 Å². The summed E-state index contributed by atoms with van der Waals surface area (Å²) in [6.45, 7) is 0.646. The predicted octanol–water partition coefficient (Wildman–Crippen LogP) is 1.96. The first-order chi connectivity index (χ1) is 7.77. The van der Waals surface area contributed by atoms with Gasteiger partial charge >= 0.3 is 0 Å². The molecular formula is C10H11ClN4O. The van der Waals surface area contributed by atoms with E-state index in [0.29, 0.717) is 29.5 Å². The molecule has 0 spiro atoms. The number of rotatable bonds is 4. The van der Waals surface area contributed by atoms with Crippen LogP contribution < -0.4 is 11.1 Å². The minimum Gasteiger partial charge on any atom is -0.397 e. The van der Waals surface area contributed by atoms with Gasteiger partial charge < -0.3 is 15.6 Å². The highest BCUT2D eigenvalue weighted by Crippen LogP contribution is 2.27. The molecule has 0 atom stereocenters. The molecule has 1 aromatic heterocycles. The molecule has 2 rings (SSSR count). The van der Waals surface area contributed by atoms with Crippen LogP contribution in [0.25, 0.3) is 0 Å². The topological polar surface area (TPSA) is 77.0 Å². The van der Waals surface area contributed by atoms with Crippen LogP contribution in [0.3, 0.4) is 0 Å². The van der Waals surface area contributed by atoms with Crippen LogP contribution in [0.15, 0.2) is 29.1 Å². The van der Waals surface area contributed by atoms with Crippen LogP contribution in [0.4, 0.5) is 11.4 Å². The second-order valence-corrected chi connectivity index (χ2v) is 3.64. The van der Waals surface area contributed by atoms with Gasteiger partial charge in [-0.15, -0.1) is 0 Å². The van der Waals surface area contributed by atoms with Crippen LogP contribution in [-0.2, 0) is 6.42 Å².